The van der Waals surface area contributed by atoms with Crippen molar-refractivity contribution in [1.29, 1.82) is 0 Å². The van der Waals surface area contributed by atoms with Gasteiger partial charge in [-0.25, -0.2) is 0 Å². The number of methoxy groups -OCH3 is 2. The van der Waals surface area contributed by atoms with Gasteiger partial charge in [0.2, 0.25) is 0 Å². The minimum Gasteiger partial charge on any atom is -0.495 e. The second-order valence-electron chi connectivity index (χ2n) is 7.53. The van der Waals surface area contributed by atoms with Crippen LogP contribution in [-0.2, 0) is 0 Å². The van der Waals surface area contributed by atoms with Crippen LogP contribution in [0.5, 0.6) is 11.5 Å². The summed E-state index contributed by atoms with van der Waals surface area (Å²) in [5.74, 6) is 1.16. The van der Waals surface area contributed by atoms with E-state index in [1.165, 1.54) is 8.96 Å². The van der Waals surface area contributed by atoms with E-state index in [9.17, 15) is 0 Å². The second kappa shape index (κ2) is 6.59. The summed E-state index contributed by atoms with van der Waals surface area (Å²) in [4.78, 5) is 0. The van der Waals surface area contributed by atoms with Crippen molar-refractivity contribution < 1.29 is 22.6 Å². The van der Waals surface area contributed by atoms with Gasteiger partial charge >= 0.3 is 6.97 Å². The fourth-order valence-electron chi connectivity index (χ4n) is 4.59. The van der Waals surface area contributed by atoms with Gasteiger partial charge in [0.1, 0.15) is 21.7 Å². The number of benzene rings is 1. The molecule has 0 fully saturated rings. The molecule has 0 saturated heterocycles. The van der Waals surface area contributed by atoms with E-state index in [-0.39, 0.29) is 0 Å². The van der Waals surface area contributed by atoms with Crippen molar-refractivity contribution in [2.24, 2.45) is 0 Å². The van der Waals surface area contributed by atoms with Crippen molar-refractivity contribution in [1.82, 2.24) is 4.48 Å². The van der Waals surface area contributed by atoms with Crippen molar-refractivity contribution >= 4 is 34.2 Å². The molecule has 0 aliphatic carbocycles. The lowest BCUT2D eigenvalue weighted by atomic mass is 9.83. The largest absolute Gasteiger partial charge is 0.737 e. The van der Waals surface area contributed by atoms with Crippen molar-refractivity contribution in [2.75, 3.05) is 14.2 Å². The first-order valence-corrected chi connectivity index (χ1v) is 10.1. The zero-order chi connectivity index (χ0) is 21.2. The van der Waals surface area contributed by atoms with Gasteiger partial charge in [0.05, 0.1) is 19.8 Å². The summed E-state index contributed by atoms with van der Waals surface area (Å²) >= 11 is 3.49. The van der Waals surface area contributed by atoms with E-state index in [0.29, 0.717) is 38.8 Å². The van der Waals surface area contributed by atoms with E-state index in [4.69, 9.17) is 9.47 Å². The highest BCUT2D eigenvalue weighted by Crippen LogP contribution is 2.46. The van der Waals surface area contributed by atoms with Gasteiger partial charge in [-0.15, -0.1) is 0 Å². The standard InChI is InChI=1S/C21H22BBrF2N2O2/c1-11-7-13(3)26-20(11)18(15-9-16(28-5)19(23)17(10-15)29-6)21-12(2)8-14(4)27(21)22(26,24)25/h7-10H,1-6H3. The van der Waals surface area contributed by atoms with E-state index in [1.54, 1.807) is 28.1 Å². The van der Waals surface area contributed by atoms with Crippen LogP contribution in [0.15, 0.2) is 40.0 Å². The molecule has 0 spiro atoms. The Kier molecular flexibility index (Phi) is 4.53. The van der Waals surface area contributed by atoms with Crippen LogP contribution in [0.1, 0.15) is 36.4 Å². The van der Waals surface area contributed by atoms with E-state index < -0.39 is 6.97 Å². The summed E-state index contributed by atoms with van der Waals surface area (Å²) in [6.45, 7) is 3.20. The molecule has 0 amide bonds. The van der Waals surface area contributed by atoms with Gasteiger partial charge in [-0.05, 0) is 71.7 Å². The normalized spacial score (nSPS) is 17.3. The molecule has 2 aliphatic rings. The number of fused-ring (bicyclic) bond motifs is 2. The Morgan fingerprint density at radius 3 is 2.14 bits per heavy atom. The Hall–Kier alpha value is -2.35. The Morgan fingerprint density at radius 2 is 1.59 bits per heavy atom. The number of aryl methyl sites for hydroxylation is 2. The van der Waals surface area contributed by atoms with Crippen molar-refractivity contribution in [3.8, 4) is 11.5 Å². The van der Waals surface area contributed by atoms with Crippen LogP contribution in [0, 0.1) is 13.8 Å². The van der Waals surface area contributed by atoms with Crippen LogP contribution in [0.2, 0.25) is 0 Å². The van der Waals surface area contributed by atoms with Crippen molar-refractivity contribution in [3.63, 3.8) is 0 Å². The number of ether oxygens (including phenoxy) is 2. The molecule has 0 unspecified atom stereocenters. The van der Waals surface area contributed by atoms with E-state index >= 15 is 8.63 Å². The number of allylic oxidation sites excluding steroid dienone is 2. The third-order valence-electron chi connectivity index (χ3n) is 5.67. The molecule has 1 aromatic heterocycles. The first-order valence-electron chi connectivity index (χ1n) is 9.32. The number of rotatable bonds is 3. The smallest absolute Gasteiger partial charge is 0.495 e. The molecular formula is C21H22BBrF2N2O2. The lowest BCUT2D eigenvalue weighted by molar-refractivity contribution is -0.363. The van der Waals surface area contributed by atoms with Gasteiger partial charge < -0.3 is 27.1 Å². The summed E-state index contributed by atoms with van der Waals surface area (Å²) < 4.78 is 45.5. The molecule has 2 aromatic rings. The molecule has 0 bridgehead atoms. The molecule has 3 heterocycles. The third kappa shape index (κ3) is 2.65. The highest BCUT2D eigenvalue weighted by atomic mass is 79.9. The van der Waals surface area contributed by atoms with Gasteiger partial charge in [-0.3, -0.25) is 0 Å². The molecule has 4 rings (SSSR count). The monoisotopic (exact) mass is 462 g/mol. The quantitative estimate of drug-likeness (QED) is 0.577. The van der Waals surface area contributed by atoms with E-state index in [2.05, 4.69) is 15.9 Å². The van der Waals surface area contributed by atoms with Gasteiger partial charge in [0.25, 0.3) is 0 Å². The highest BCUT2D eigenvalue weighted by Gasteiger charge is 2.55. The fourth-order valence-corrected chi connectivity index (χ4v) is 5.14. The summed E-state index contributed by atoms with van der Waals surface area (Å²) in [6.07, 6.45) is 1.81. The van der Waals surface area contributed by atoms with Crippen LogP contribution < -0.4 is 9.47 Å². The first kappa shape index (κ1) is 19.9. The van der Waals surface area contributed by atoms with Gasteiger partial charge in [-0.2, -0.15) is 0 Å². The molecular weight excluding hydrogens is 441 g/mol. The molecule has 1 aromatic carbocycles. The lowest BCUT2D eigenvalue weighted by Crippen LogP contribution is -2.51. The van der Waals surface area contributed by atoms with Crippen LogP contribution in [0.25, 0.3) is 5.57 Å². The van der Waals surface area contributed by atoms with Crippen LogP contribution in [-0.4, -0.2) is 35.9 Å². The Bertz CT molecular complexity index is 1140. The van der Waals surface area contributed by atoms with Gasteiger partial charge in [-0.1, -0.05) is 0 Å². The van der Waals surface area contributed by atoms with Crippen LogP contribution >= 0.6 is 15.9 Å². The van der Waals surface area contributed by atoms with Crippen molar-refractivity contribution in [3.05, 3.63) is 62.5 Å². The van der Waals surface area contributed by atoms with E-state index in [0.717, 1.165) is 22.3 Å². The molecule has 8 heteroatoms. The summed E-state index contributed by atoms with van der Waals surface area (Å²) in [5, 5.41) is 0. The predicted molar refractivity (Wildman–Crippen MR) is 115 cm³/mol. The number of hydrogen-bond donors (Lipinski definition) is 0. The molecule has 0 saturated carbocycles. The molecule has 0 radical (unpaired) electrons. The number of aromatic nitrogens is 1. The Labute approximate surface area is 177 Å². The first-order chi connectivity index (χ1) is 13.6. The summed E-state index contributed by atoms with van der Waals surface area (Å²) in [6, 6.07) is 5.53. The molecule has 2 aliphatic heterocycles. The molecule has 0 N–H and O–H groups in total. The fraction of sp³-hybridized carbons (Fsp3) is 0.286. The molecule has 4 nitrogen and oxygen atoms in total. The maximum absolute atomic E-state index is 15.7. The number of hydrogen-bond acceptors (Lipinski definition) is 2. The summed E-state index contributed by atoms with van der Waals surface area (Å²) in [7, 11) is 3.14. The topological polar surface area (TPSA) is 26.4 Å². The molecule has 0 atom stereocenters. The molecule has 29 heavy (non-hydrogen) atoms. The minimum absolute atomic E-state index is 0.535. The average Bonchev–Trinajstić information content (AvgIpc) is 3.12. The van der Waals surface area contributed by atoms with Gasteiger partial charge in [0, 0.05) is 24.3 Å². The third-order valence-corrected chi connectivity index (χ3v) is 6.45. The summed E-state index contributed by atoms with van der Waals surface area (Å²) in [5.41, 5.74) is 5.27. The Morgan fingerprint density at radius 1 is 1.00 bits per heavy atom. The maximum Gasteiger partial charge on any atom is 0.737 e. The Balaban J connectivity index is 2.17. The molecule has 152 valence electrons. The minimum atomic E-state index is -4.00. The van der Waals surface area contributed by atoms with Crippen LogP contribution in [0.3, 0.4) is 0 Å². The number of halogens is 3. The van der Waals surface area contributed by atoms with E-state index in [1.807, 2.05) is 38.1 Å². The average molecular weight is 463 g/mol. The van der Waals surface area contributed by atoms with Crippen molar-refractivity contribution in [2.45, 2.75) is 27.7 Å². The SMILES string of the molecule is COc1cc(C2=C3C(C)=CC(C)=[N+]3[B-](F)(F)n3c(C)cc(C)c32)cc(OC)c1Br. The highest BCUT2D eigenvalue weighted by molar-refractivity contribution is 9.10. The maximum atomic E-state index is 15.7. The van der Waals surface area contributed by atoms with Gasteiger partial charge in [0.15, 0.2) is 5.70 Å². The number of nitrogens with zero attached hydrogens (tertiary/aromatic N) is 2. The zero-order valence-electron chi connectivity index (χ0n) is 17.2. The zero-order valence-corrected chi connectivity index (χ0v) is 18.8. The van der Waals surface area contributed by atoms with Crippen LogP contribution in [0.4, 0.5) is 8.63 Å². The lowest BCUT2D eigenvalue weighted by Gasteiger charge is -2.34. The second-order valence-corrected chi connectivity index (χ2v) is 8.33. The predicted octanol–water partition coefficient (Wildman–Crippen LogP) is 5.31.